The van der Waals surface area contributed by atoms with Crippen LogP contribution < -0.4 is 4.74 Å². The van der Waals surface area contributed by atoms with Crippen LogP contribution in [0.4, 0.5) is 5.69 Å². The van der Waals surface area contributed by atoms with E-state index in [-0.39, 0.29) is 5.69 Å². The van der Waals surface area contributed by atoms with Gasteiger partial charge in [0.25, 0.3) is 5.69 Å². The lowest BCUT2D eigenvalue weighted by Gasteiger charge is -2.13. The van der Waals surface area contributed by atoms with E-state index in [0.717, 1.165) is 38.9 Å². The predicted octanol–water partition coefficient (Wildman–Crippen LogP) is 5.49. The smallest absolute Gasteiger partial charge is 0.269 e. The average Bonchev–Trinajstić information content (AvgIpc) is 2.73. The number of benzene rings is 3. The summed E-state index contributed by atoms with van der Waals surface area (Å²) in [6.07, 6.45) is 1.85. The first-order valence-electron chi connectivity index (χ1n) is 8.44. The van der Waals surface area contributed by atoms with Crippen LogP contribution in [-0.4, -0.2) is 17.0 Å². The lowest BCUT2D eigenvalue weighted by molar-refractivity contribution is -0.384. The molecule has 132 valence electrons. The maximum Gasteiger partial charge on any atom is 0.269 e. The van der Waals surface area contributed by atoms with Gasteiger partial charge in [0.1, 0.15) is 5.75 Å². The minimum absolute atomic E-state index is 0.0675. The van der Waals surface area contributed by atoms with E-state index in [9.17, 15) is 10.1 Å². The van der Waals surface area contributed by atoms with Crippen molar-refractivity contribution in [1.82, 2.24) is 4.98 Å². The second-order valence-electron chi connectivity index (χ2n) is 6.10. The first-order valence-corrected chi connectivity index (χ1v) is 8.44. The monoisotopic (exact) mass is 356 g/mol. The van der Waals surface area contributed by atoms with Crippen molar-refractivity contribution < 1.29 is 9.66 Å². The van der Waals surface area contributed by atoms with Crippen molar-refractivity contribution in [1.29, 1.82) is 0 Å². The molecule has 0 aliphatic carbocycles. The second kappa shape index (κ2) is 6.88. The van der Waals surface area contributed by atoms with E-state index in [1.807, 2.05) is 54.7 Å². The molecular formula is C22H16N2O3. The molecule has 4 rings (SSSR count). The van der Waals surface area contributed by atoms with Crippen LogP contribution >= 0.6 is 0 Å². The van der Waals surface area contributed by atoms with Crippen LogP contribution in [0.15, 0.2) is 79.0 Å². The summed E-state index contributed by atoms with van der Waals surface area (Å²) in [6.45, 7) is 0. The molecule has 0 bridgehead atoms. The minimum atomic E-state index is -0.393. The lowest BCUT2D eigenvalue weighted by atomic mass is 9.94. The number of nitrogens with zero attached hydrogens (tertiary/aromatic N) is 2. The first-order chi connectivity index (χ1) is 13.2. The molecule has 5 nitrogen and oxygen atoms in total. The molecule has 1 heterocycles. The van der Waals surface area contributed by atoms with Gasteiger partial charge in [-0.2, -0.15) is 0 Å². The van der Waals surface area contributed by atoms with Gasteiger partial charge in [0.15, 0.2) is 0 Å². The van der Waals surface area contributed by atoms with Crippen LogP contribution in [0, 0.1) is 10.1 Å². The first kappa shape index (κ1) is 16.7. The van der Waals surface area contributed by atoms with Gasteiger partial charge in [-0.25, -0.2) is 0 Å². The molecule has 4 aromatic rings. The topological polar surface area (TPSA) is 65.3 Å². The van der Waals surface area contributed by atoms with Crippen LogP contribution in [0.5, 0.6) is 5.75 Å². The maximum absolute atomic E-state index is 11.0. The van der Waals surface area contributed by atoms with Crippen molar-refractivity contribution in [2.75, 3.05) is 7.11 Å². The third-order valence-electron chi connectivity index (χ3n) is 4.53. The Morgan fingerprint density at radius 1 is 0.889 bits per heavy atom. The van der Waals surface area contributed by atoms with Crippen molar-refractivity contribution in [2.45, 2.75) is 0 Å². The molecule has 0 saturated heterocycles. The van der Waals surface area contributed by atoms with Crippen molar-refractivity contribution in [3.8, 4) is 28.1 Å². The lowest BCUT2D eigenvalue weighted by Crippen LogP contribution is -1.93. The Morgan fingerprint density at radius 2 is 1.56 bits per heavy atom. The van der Waals surface area contributed by atoms with Gasteiger partial charge in [-0.05, 0) is 47.3 Å². The molecule has 3 aromatic carbocycles. The molecule has 0 N–H and O–H groups in total. The van der Waals surface area contributed by atoms with Crippen LogP contribution in [0.25, 0.3) is 33.2 Å². The van der Waals surface area contributed by atoms with Crippen LogP contribution in [0.3, 0.4) is 0 Å². The number of fused-ring (bicyclic) bond motifs is 1. The highest BCUT2D eigenvalue weighted by molar-refractivity contribution is 6.02. The van der Waals surface area contributed by atoms with E-state index in [4.69, 9.17) is 9.72 Å². The fourth-order valence-electron chi connectivity index (χ4n) is 3.17. The van der Waals surface area contributed by atoms with Crippen molar-refractivity contribution in [2.24, 2.45) is 0 Å². The maximum atomic E-state index is 11.0. The number of hydrogen-bond acceptors (Lipinski definition) is 4. The summed E-state index contributed by atoms with van der Waals surface area (Å²) in [6, 6.07) is 22.3. The Hall–Kier alpha value is -3.73. The second-order valence-corrected chi connectivity index (χ2v) is 6.10. The minimum Gasteiger partial charge on any atom is -0.497 e. The van der Waals surface area contributed by atoms with E-state index < -0.39 is 4.92 Å². The van der Waals surface area contributed by atoms with Crippen molar-refractivity contribution >= 4 is 16.5 Å². The van der Waals surface area contributed by atoms with E-state index >= 15 is 0 Å². The number of ether oxygens (including phenoxy) is 1. The molecule has 0 radical (unpaired) electrons. The normalized spacial score (nSPS) is 10.7. The largest absolute Gasteiger partial charge is 0.497 e. The van der Waals surface area contributed by atoms with Crippen LogP contribution in [0.1, 0.15) is 0 Å². The zero-order valence-corrected chi connectivity index (χ0v) is 14.6. The summed E-state index contributed by atoms with van der Waals surface area (Å²) in [4.78, 5) is 15.3. The molecule has 0 spiro atoms. The van der Waals surface area contributed by atoms with E-state index in [1.165, 1.54) is 12.1 Å². The molecule has 0 aliphatic heterocycles. The van der Waals surface area contributed by atoms with Gasteiger partial charge in [0.2, 0.25) is 0 Å². The Kier molecular flexibility index (Phi) is 4.26. The summed E-state index contributed by atoms with van der Waals surface area (Å²) >= 11 is 0. The zero-order chi connectivity index (χ0) is 18.8. The Morgan fingerprint density at radius 3 is 2.22 bits per heavy atom. The average molecular weight is 356 g/mol. The standard InChI is InChI=1S/C22H16N2O3/c1-27-19-12-8-16(9-13-19)22-21(15-6-10-18(11-7-15)24(25)26)20-5-3-2-4-17(20)14-23-22/h2-14H,1H3. The van der Waals surface area contributed by atoms with Crippen LogP contribution in [0.2, 0.25) is 0 Å². The highest BCUT2D eigenvalue weighted by Gasteiger charge is 2.15. The summed E-state index contributed by atoms with van der Waals surface area (Å²) < 4.78 is 5.24. The van der Waals surface area contributed by atoms with Gasteiger partial charge in [-0.3, -0.25) is 15.1 Å². The van der Waals surface area contributed by atoms with E-state index in [1.54, 1.807) is 19.2 Å². The molecule has 0 atom stereocenters. The zero-order valence-electron chi connectivity index (χ0n) is 14.6. The van der Waals surface area contributed by atoms with Gasteiger partial charge in [-0.1, -0.05) is 24.3 Å². The molecular weight excluding hydrogens is 340 g/mol. The van der Waals surface area contributed by atoms with Crippen LogP contribution in [-0.2, 0) is 0 Å². The molecule has 0 amide bonds. The number of pyridine rings is 1. The quantitative estimate of drug-likeness (QED) is 0.358. The SMILES string of the molecule is COc1ccc(-c2ncc3ccccc3c2-c2ccc([N+](=O)[O-])cc2)cc1. The van der Waals surface area contributed by atoms with Crippen molar-refractivity contribution in [3.05, 3.63) is 89.1 Å². The summed E-state index contributed by atoms with van der Waals surface area (Å²) in [7, 11) is 1.63. The molecule has 0 fully saturated rings. The summed E-state index contributed by atoms with van der Waals surface area (Å²) in [5.74, 6) is 0.774. The summed E-state index contributed by atoms with van der Waals surface area (Å²) in [5, 5.41) is 13.1. The fourth-order valence-corrected chi connectivity index (χ4v) is 3.17. The number of nitro groups is 1. The highest BCUT2D eigenvalue weighted by Crippen LogP contribution is 2.37. The van der Waals surface area contributed by atoms with Gasteiger partial charge in [0, 0.05) is 34.8 Å². The number of non-ortho nitro benzene ring substituents is 1. The predicted molar refractivity (Wildman–Crippen MR) is 106 cm³/mol. The molecule has 1 aromatic heterocycles. The number of nitro benzene ring substituents is 1. The highest BCUT2D eigenvalue weighted by atomic mass is 16.6. The van der Waals surface area contributed by atoms with E-state index in [2.05, 4.69) is 0 Å². The Balaban J connectivity index is 1.96. The number of hydrogen-bond donors (Lipinski definition) is 0. The van der Waals surface area contributed by atoms with Gasteiger partial charge in [-0.15, -0.1) is 0 Å². The van der Waals surface area contributed by atoms with Gasteiger partial charge < -0.3 is 4.74 Å². The molecule has 5 heteroatoms. The number of rotatable bonds is 4. The molecule has 27 heavy (non-hydrogen) atoms. The fraction of sp³-hybridized carbons (Fsp3) is 0.0455. The Bertz CT molecular complexity index is 1120. The molecule has 0 aliphatic rings. The third-order valence-corrected chi connectivity index (χ3v) is 4.53. The van der Waals surface area contributed by atoms with Crippen molar-refractivity contribution in [3.63, 3.8) is 0 Å². The Labute approximate surface area is 156 Å². The van der Waals surface area contributed by atoms with E-state index in [0.29, 0.717) is 0 Å². The summed E-state index contributed by atoms with van der Waals surface area (Å²) in [5.41, 5.74) is 3.68. The molecule has 0 unspecified atom stereocenters. The third kappa shape index (κ3) is 3.11. The van der Waals surface area contributed by atoms with Gasteiger partial charge in [0.05, 0.1) is 17.7 Å². The number of methoxy groups -OCH3 is 1. The number of aromatic nitrogens is 1. The van der Waals surface area contributed by atoms with Gasteiger partial charge >= 0.3 is 0 Å². The molecule has 0 saturated carbocycles.